The van der Waals surface area contributed by atoms with E-state index in [1.54, 1.807) is 19.9 Å². The molecule has 0 amide bonds. The molecule has 1 rings (SSSR count). The van der Waals surface area contributed by atoms with E-state index in [2.05, 4.69) is 20.7 Å². The molecule has 0 bridgehead atoms. The Hall–Kier alpha value is -0.470. The lowest BCUT2D eigenvalue weighted by Crippen LogP contribution is -2.36. The monoisotopic (exact) mass is 364 g/mol. The largest absolute Gasteiger partial charge is 0.380 e. The summed E-state index contributed by atoms with van der Waals surface area (Å²) in [6.07, 6.45) is 0. The van der Waals surface area contributed by atoms with Crippen LogP contribution in [0.3, 0.4) is 0 Å². The van der Waals surface area contributed by atoms with Gasteiger partial charge in [-0.1, -0.05) is 15.9 Å². The summed E-state index contributed by atoms with van der Waals surface area (Å²) in [6.45, 7) is 6.57. The molecule has 0 aromatic heterocycles. The summed E-state index contributed by atoms with van der Waals surface area (Å²) in [7, 11) is -3.59. The van der Waals surface area contributed by atoms with Gasteiger partial charge in [0, 0.05) is 23.7 Å². The van der Waals surface area contributed by atoms with Crippen molar-refractivity contribution in [2.24, 2.45) is 5.73 Å². The van der Waals surface area contributed by atoms with Crippen LogP contribution in [0, 0.1) is 6.92 Å². The van der Waals surface area contributed by atoms with Gasteiger partial charge in [0.1, 0.15) is 0 Å². The molecule has 0 saturated heterocycles. The normalized spacial score (nSPS) is 13.4. The number of nitrogens with one attached hydrogen (secondary N) is 1. The van der Waals surface area contributed by atoms with Gasteiger partial charge in [0.15, 0.2) is 0 Å². The number of sulfonamides is 1. The third-order valence-electron chi connectivity index (χ3n) is 2.81. The first kappa shape index (κ1) is 17.6. The molecule has 0 fully saturated rings. The first-order valence-corrected chi connectivity index (χ1v) is 8.68. The Morgan fingerprint density at radius 3 is 2.65 bits per heavy atom. The molecule has 0 spiro atoms. The second-order valence-corrected chi connectivity index (χ2v) is 7.12. The highest BCUT2D eigenvalue weighted by molar-refractivity contribution is 9.10. The summed E-state index contributed by atoms with van der Waals surface area (Å²) in [5, 5.41) is 0. The average Bonchev–Trinajstić information content (AvgIpc) is 2.38. The summed E-state index contributed by atoms with van der Waals surface area (Å²) in [5.41, 5.74) is 7.02. The van der Waals surface area contributed by atoms with Crippen LogP contribution in [0.2, 0.25) is 0 Å². The van der Waals surface area contributed by atoms with E-state index < -0.39 is 10.0 Å². The highest BCUT2D eigenvalue weighted by Gasteiger charge is 2.21. The maximum atomic E-state index is 12.4. The lowest BCUT2D eigenvalue weighted by molar-refractivity contribution is 0.133. The molecule has 1 aromatic rings. The lowest BCUT2D eigenvalue weighted by atomic mass is 10.1. The summed E-state index contributed by atoms with van der Waals surface area (Å²) >= 11 is 3.37. The third-order valence-corrected chi connectivity index (χ3v) is 5.35. The summed E-state index contributed by atoms with van der Waals surface area (Å²) < 4.78 is 33.4. The van der Waals surface area contributed by atoms with Crippen molar-refractivity contribution >= 4 is 26.0 Å². The molecule has 20 heavy (non-hydrogen) atoms. The van der Waals surface area contributed by atoms with E-state index in [0.717, 1.165) is 10.0 Å². The van der Waals surface area contributed by atoms with Crippen LogP contribution in [0.5, 0.6) is 0 Å². The molecule has 0 aliphatic rings. The zero-order chi connectivity index (χ0) is 15.3. The van der Waals surface area contributed by atoms with E-state index >= 15 is 0 Å². The van der Waals surface area contributed by atoms with Gasteiger partial charge in [0.05, 0.1) is 11.5 Å². The van der Waals surface area contributed by atoms with Gasteiger partial charge in [-0.3, -0.25) is 0 Å². The Labute approximate surface area is 129 Å². The molecule has 3 N–H and O–H groups in total. The van der Waals surface area contributed by atoms with E-state index in [-0.39, 0.29) is 17.5 Å². The van der Waals surface area contributed by atoms with E-state index in [9.17, 15) is 8.42 Å². The molecule has 114 valence electrons. The van der Waals surface area contributed by atoms with Gasteiger partial charge in [-0.25, -0.2) is 13.1 Å². The predicted molar refractivity (Wildman–Crippen MR) is 83.0 cm³/mol. The fourth-order valence-electron chi connectivity index (χ4n) is 1.76. The van der Waals surface area contributed by atoms with Crippen LogP contribution >= 0.6 is 15.9 Å². The van der Waals surface area contributed by atoms with Crippen molar-refractivity contribution in [3.05, 3.63) is 27.7 Å². The second-order valence-electron chi connectivity index (χ2n) is 4.59. The molecular weight excluding hydrogens is 344 g/mol. The molecule has 5 nitrogen and oxygen atoms in total. The topological polar surface area (TPSA) is 81.4 Å². The van der Waals surface area contributed by atoms with Gasteiger partial charge >= 0.3 is 0 Å². The van der Waals surface area contributed by atoms with E-state index in [0.29, 0.717) is 18.8 Å². The van der Waals surface area contributed by atoms with Crippen molar-refractivity contribution in [1.29, 1.82) is 0 Å². The molecular formula is C13H21BrN2O3S. The van der Waals surface area contributed by atoms with Gasteiger partial charge in [-0.2, -0.15) is 0 Å². The van der Waals surface area contributed by atoms with Crippen LogP contribution in [-0.2, 0) is 21.3 Å². The van der Waals surface area contributed by atoms with Crippen molar-refractivity contribution in [2.75, 3.05) is 13.2 Å². The average molecular weight is 365 g/mol. The molecule has 1 unspecified atom stereocenters. The zero-order valence-corrected chi connectivity index (χ0v) is 14.3. The van der Waals surface area contributed by atoms with Crippen molar-refractivity contribution in [1.82, 2.24) is 4.72 Å². The molecule has 1 atom stereocenters. The van der Waals surface area contributed by atoms with Gasteiger partial charge in [0.25, 0.3) is 0 Å². The Morgan fingerprint density at radius 2 is 2.10 bits per heavy atom. The Kier molecular flexibility index (Phi) is 6.60. The smallest absolute Gasteiger partial charge is 0.241 e. The molecule has 1 aromatic carbocycles. The second kappa shape index (κ2) is 7.51. The number of hydrogen-bond acceptors (Lipinski definition) is 4. The Morgan fingerprint density at radius 1 is 1.45 bits per heavy atom. The molecule has 0 aliphatic carbocycles. The van der Waals surface area contributed by atoms with Crippen LogP contribution < -0.4 is 10.5 Å². The minimum absolute atomic E-state index is 0.246. The number of benzene rings is 1. The fraction of sp³-hybridized carbons (Fsp3) is 0.538. The molecule has 7 heteroatoms. The van der Waals surface area contributed by atoms with Gasteiger partial charge in [0.2, 0.25) is 10.0 Å². The van der Waals surface area contributed by atoms with Gasteiger partial charge < -0.3 is 10.5 Å². The van der Waals surface area contributed by atoms with Gasteiger partial charge in [-0.05, 0) is 44.0 Å². The van der Waals surface area contributed by atoms with Crippen molar-refractivity contribution < 1.29 is 13.2 Å². The summed E-state index contributed by atoms with van der Waals surface area (Å²) in [5.74, 6) is 0. The van der Waals surface area contributed by atoms with Crippen LogP contribution in [0.25, 0.3) is 0 Å². The quantitative estimate of drug-likeness (QED) is 0.774. The molecule has 0 radical (unpaired) electrons. The van der Waals surface area contributed by atoms with E-state index in [1.807, 2.05) is 13.0 Å². The van der Waals surface area contributed by atoms with Crippen molar-refractivity contribution in [2.45, 2.75) is 38.3 Å². The number of hydrogen-bond donors (Lipinski definition) is 2. The van der Waals surface area contributed by atoms with Crippen molar-refractivity contribution in [3.63, 3.8) is 0 Å². The number of nitrogens with two attached hydrogens (primary N) is 1. The fourth-order valence-corrected chi connectivity index (χ4v) is 3.94. The highest BCUT2D eigenvalue weighted by Crippen LogP contribution is 2.25. The Bertz CT molecular complexity index is 561. The van der Waals surface area contributed by atoms with E-state index in [1.165, 1.54) is 0 Å². The van der Waals surface area contributed by atoms with Crippen LogP contribution in [0.15, 0.2) is 21.5 Å². The zero-order valence-electron chi connectivity index (χ0n) is 11.9. The number of halogens is 1. The maximum Gasteiger partial charge on any atom is 0.241 e. The van der Waals surface area contributed by atoms with E-state index in [4.69, 9.17) is 10.5 Å². The first-order valence-electron chi connectivity index (χ1n) is 6.41. The lowest BCUT2D eigenvalue weighted by Gasteiger charge is -2.16. The highest BCUT2D eigenvalue weighted by atomic mass is 79.9. The minimum atomic E-state index is -3.59. The standard InChI is InChI=1S/C13H21BrN2O3S/c1-4-19-8-9(2)16-20(17,18)13-6-11(7-15)5-12(14)10(13)3/h5-6,9,16H,4,7-8,15H2,1-3H3. The Balaban J connectivity index is 3.06. The van der Waals surface area contributed by atoms with Crippen LogP contribution in [-0.4, -0.2) is 27.7 Å². The maximum absolute atomic E-state index is 12.4. The SMILES string of the molecule is CCOCC(C)NS(=O)(=O)c1cc(CN)cc(Br)c1C. The molecule has 0 aliphatic heterocycles. The molecule has 0 heterocycles. The summed E-state index contributed by atoms with van der Waals surface area (Å²) in [6, 6.07) is 3.15. The predicted octanol–water partition coefficient (Wildman–Crippen LogP) is 1.92. The number of rotatable bonds is 7. The molecule has 0 saturated carbocycles. The van der Waals surface area contributed by atoms with Crippen LogP contribution in [0.4, 0.5) is 0 Å². The third kappa shape index (κ3) is 4.53. The summed E-state index contributed by atoms with van der Waals surface area (Å²) in [4.78, 5) is 0.246. The van der Waals surface area contributed by atoms with Gasteiger partial charge in [-0.15, -0.1) is 0 Å². The van der Waals surface area contributed by atoms with Crippen molar-refractivity contribution in [3.8, 4) is 0 Å². The minimum Gasteiger partial charge on any atom is -0.380 e. The number of ether oxygens (including phenoxy) is 1. The first-order chi connectivity index (χ1) is 9.31. The van der Waals surface area contributed by atoms with Crippen LogP contribution in [0.1, 0.15) is 25.0 Å².